The Labute approximate surface area is 338 Å². The highest BCUT2D eigenvalue weighted by Crippen LogP contribution is 2.64. The molecule has 0 nitrogen and oxygen atoms in total. The van der Waals surface area contributed by atoms with Gasteiger partial charge in [0, 0.05) is 10.6 Å². The monoisotopic (exact) mass is 769 g/mol. The fraction of sp³-hybridized carbons (Fsp3) is 0.769. The first-order valence-electron chi connectivity index (χ1n) is 23.4. The lowest BCUT2D eigenvalue weighted by molar-refractivity contribution is 0.279. The van der Waals surface area contributed by atoms with Gasteiger partial charge in [-0.3, -0.25) is 0 Å². The quantitative estimate of drug-likeness (QED) is 0.168. The van der Waals surface area contributed by atoms with Crippen molar-refractivity contribution in [3.8, 4) is 0 Å². The number of benzene rings is 2. The van der Waals surface area contributed by atoms with E-state index in [1.807, 2.05) is 16.4 Å². The molecule has 0 aliphatic heterocycles. The predicted octanol–water partition coefficient (Wildman–Crippen LogP) is 16.0. The largest absolute Gasteiger partial charge is 0.0645 e. The molecule has 0 fully saturated rings. The van der Waals surface area contributed by atoms with E-state index < -0.39 is 0 Å². The standard InChI is InChI=1S/C52H82P2/c1-17-47(18-2)31-45(13,14)39-35(47)29-36-40(46(15,16)32-48(36,19-3)20-4)43(39)53-54-44-41-37(49(21-5,22-6)33-51(41,25-9)26-10)30-38-42(44)52(27-11,28-12)34-50(38,23-7)24-8/h29-30H,17-28,31-34H2,1-16H3. The topological polar surface area (TPSA) is 0 Å². The van der Waals surface area contributed by atoms with E-state index in [0.717, 1.165) is 0 Å². The van der Waals surface area contributed by atoms with Crippen LogP contribution < -0.4 is 10.6 Å². The molecule has 0 heterocycles. The second kappa shape index (κ2) is 14.4. The van der Waals surface area contributed by atoms with Crippen LogP contribution >= 0.6 is 15.7 Å². The molecule has 0 saturated carbocycles. The molecule has 2 heteroatoms. The van der Waals surface area contributed by atoms with Crippen LogP contribution in [0.2, 0.25) is 0 Å². The van der Waals surface area contributed by atoms with E-state index in [9.17, 15) is 0 Å². The van der Waals surface area contributed by atoms with Crippen LogP contribution in [0.25, 0.3) is 0 Å². The maximum atomic E-state index is 2.90. The minimum atomic E-state index is 0.181. The molecule has 54 heavy (non-hydrogen) atoms. The lowest BCUT2D eigenvalue weighted by atomic mass is 9.70. The number of rotatable bonds is 14. The first-order valence-corrected chi connectivity index (χ1v) is 25.9. The van der Waals surface area contributed by atoms with Crippen LogP contribution in [-0.2, 0) is 43.3 Å². The van der Waals surface area contributed by atoms with Crippen LogP contribution in [0.1, 0.15) is 258 Å². The third kappa shape index (κ3) is 5.53. The normalized spacial score (nSPS) is 23.8. The SMILES string of the molecule is CCC1(CC)CC(C)(C)c2c1cc1c(c2P=Pc2c3c(cc4c2C(CC)(CC)CC4(CC)CC)C(CC)(CC)CC3(CC)CC)C(C)(C)CC1(CC)CC. The van der Waals surface area contributed by atoms with Gasteiger partial charge in [0.1, 0.15) is 0 Å². The van der Waals surface area contributed by atoms with E-state index in [1.54, 1.807) is 54.4 Å². The highest BCUT2D eigenvalue weighted by Gasteiger charge is 2.57. The maximum Gasteiger partial charge on any atom is 0.0145 e. The predicted molar refractivity (Wildman–Crippen MR) is 244 cm³/mol. The molecule has 4 aliphatic rings. The summed E-state index contributed by atoms with van der Waals surface area (Å²) in [5, 5.41) is 3.58. The molecular formula is C52H82P2. The van der Waals surface area contributed by atoms with Crippen LogP contribution in [0.3, 0.4) is 0 Å². The second-order valence-corrected chi connectivity index (χ2v) is 23.2. The fourth-order valence-electron chi connectivity index (χ4n) is 14.7. The summed E-state index contributed by atoms with van der Waals surface area (Å²) < 4.78 is 0. The van der Waals surface area contributed by atoms with Crippen LogP contribution in [0.5, 0.6) is 0 Å². The van der Waals surface area contributed by atoms with E-state index >= 15 is 0 Å². The number of hydrogen-bond acceptors (Lipinski definition) is 0. The van der Waals surface area contributed by atoms with Gasteiger partial charge in [-0.25, -0.2) is 0 Å². The molecule has 0 radical (unpaired) electrons. The Bertz CT molecular complexity index is 1640. The summed E-state index contributed by atoms with van der Waals surface area (Å²) in [4.78, 5) is 0. The molecule has 0 bridgehead atoms. The van der Waals surface area contributed by atoms with E-state index in [-0.39, 0.29) is 43.3 Å². The van der Waals surface area contributed by atoms with Crippen LogP contribution in [0.4, 0.5) is 0 Å². The summed E-state index contributed by atoms with van der Waals surface area (Å²) >= 11 is 0. The molecule has 2 aromatic rings. The van der Waals surface area contributed by atoms with Crippen molar-refractivity contribution in [2.24, 2.45) is 0 Å². The van der Waals surface area contributed by atoms with E-state index in [2.05, 4.69) is 123 Å². The van der Waals surface area contributed by atoms with Gasteiger partial charge in [-0.2, -0.15) is 0 Å². The van der Waals surface area contributed by atoms with Gasteiger partial charge in [-0.15, -0.1) is 0 Å². The van der Waals surface area contributed by atoms with Crippen molar-refractivity contribution >= 4 is 26.3 Å². The molecule has 4 aliphatic carbocycles. The fourth-order valence-corrected chi connectivity index (χ4v) is 18.7. The minimum absolute atomic E-state index is 0.181. The third-order valence-corrected chi connectivity index (χ3v) is 21.5. The van der Waals surface area contributed by atoms with Gasteiger partial charge in [-0.05, 0) is 206 Å². The Morgan fingerprint density at radius 2 is 0.556 bits per heavy atom. The number of fused-ring (bicyclic) bond motifs is 4. The molecular weight excluding hydrogens is 687 g/mol. The lowest BCUT2D eigenvalue weighted by Crippen LogP contribution is -2.32. The smallest absolute Gasteiger partial charge is 0.0145 e. The van der Waals surface area contributed by atoms with Crippen molar-refractivity contribution in [3.05, 3.63) is 56.6 Å². The van der Waals surface area contributed by atoms with E-state index in [1.165, 1.54) is 103 Å². The molecule has 2 aromatic carbocycles. The van der Waals surface area contributed by atoms with E-state index in [4.69, 9.17) is 0 Å². The summed E-state index contributed by atoms with van der Waals surface area (Å²) in [6, 6.07) is 5.74. The molecule has 300 valence electrons. The molecule has 0 unspecified atom stereocenters. The van der Waals surface area contributed by atoms with Crippen LogP contribution in [0, 0.1) is 0 Å². The second-order valence-electron chi connectivity index (χ2n) is 20.7. The third-order valence-electron chi connectivity index (χ3n) is 18.6. The zero-order chi connectivity index (χ0) is 39.9. The Hall–Kier alpha value is -0.960. The average molecular weight is 769 g/mol. The van der Waals surface area contributed by atoms with Gasteiger partial charge < -0.3 is 0 Å². The molecule has 0 spiro atoms. The molecule has 6 rings (SSSR count). The van der Waals surface area contributed by atoms with Crippen molar-refractivity contribution in [1.29, 1.82) is 0 Å². The Morgan fingerprint density at radius 1 is 0.333 bits per heavy atom. The van der Waals surface area contributed by atoms with Crippen molar-refractivity contribution < 1.29 is 0 Å². The summed E-state index contributed by atoms with van der Waals surface area (Å²) in [5.74, 6) is 0. The van der Waals surface area contributed by atoms with E-state index in [0.29, 0.717) is 0 Å². The Morgan fingerprint density at radius 3 is 0.815 bits per heavy atom. The lowest BCUT2D eigenvalue weighted by Gasteiger charge is -2.35. The van der Waals surface area contributed by atoms with Crippen molar-refractivity contribution in [2.45, 2.75) is 257 Å². The summed E-state index contributed by atoms with van der Waals surface area (Å²) in [6.45, 7) is 40.8. The molecule has 0 aromatic heterocycles. The van der Waals surface area contributed by atoms with Gasteiger partial charge in [0.05, 0.1) is 0 Å². The molecule has 0 atom stereocenters. The van der Waals surface area contributed by atoms with Gasteiger partial charge in [0.15, 0.2) is 0 Å². The van der Waals surface area contributed by atoms with Gasteiger partial charge in [0.25, 0.3) is 0 Å². The Balaban J connectivity index is 1.82. The van der Waals surface area contributed by atoms with Crippen LogP contribution in [0.15, 0.2) is 12.1 Å². The molecule has 0 amide bonds. The van der Waals surface area contributed by atoms with Gasteiger partial charge >= 0.3 is 0 Å². The first kappa shape index (κ1) is 42.6. The minimum Gasteiger partial charge on any atom is -0.0645 e. The Kier molecular flexibility index (Phi) is 11.4. The zero-order valence-corrected chi connectivity index (χ0v) is 40.2. The molecule has 0 N–H and O–H groups in total. The van der Waals surface area contributed by atoms with Gasteiger partial charge in [-0.1, -0.05) is 123 Å². The molecule has 0 saturated heterocycles. The zero-order valence-electron chi connectivity index (χ0n) is 38.4. The first-order chi connectivity index (χ1) is 25.5. The van der Waals surface area contributed by atoms with Crippen molar-refractivity contribution in [3.63, 3.8) is 0 Å². The average Bonchev–Trinajstić information content (AvgIpc) is 3.82. The van der Waals surface area contributed by atoms with Crippen LogP contribution in [-0.4, -0.2) is 0 Å². The number of hydrogen-bond donors (Lipinski definition) is 0. The highest BCUT2D eigenvalue weighted by molar-refractivity contribution is 7.91. The highest BCUT2D eigenvalue weighted by atomic mass is 31.7. The summed E-state index contributed by atoms with van der Waals surface area (Å²) in [6.07, 6.45) is 20.3. The summed E-state index contributed by atoms with van der Waals surface area (Å²) in [7, 11) is 3.12. The van der Waals surface area contributed by atoms with Crippen molar-refractivity contribution in [2.75, 3.05) is 0 Å². The van der Waals surface area contributed by atoms with Crippen molar-refractivity contribution in [1.82, 2.24) is 0 Å². The maximum absolute atomic E-state index is 2.90. The summed E-state index contributed by atoms with van der Waals surface area (Å²) in [5.41, 5.74) is 16.3. The van der Waals surface area contributed by atoms with Gasteiger partial charge in [0.2, 0.25) is 0 Å².